The van der Waals surface area contributed by atoms with E-state index in [0.29, 0.717) is 0 Å². The molecule has 0 aliphatic heterocycles. The van der Waals surface area contributed by atoms with Gasteiger partial charge in [-0.15, -0.1) is 0 Å². The van der Waals surface area contributed by atoms with Crippen LogP contribution in [0.1, 0.15) is 4.28 Å². The molecule has 0 amide bonds. The van der Waals surface area contributed by atoms with Crippen LogP contribution in [0.5, 0.6) is 0 Å². The van der Waals surface area contributed by atoms with Crippen LogP contribution >= 0.6 is 0 Å². The molecule has 25 valence electrons. The third-order valence-corrected chi connectivity index (χ3v) is 0. The van der Waals surface area contributed by atoms with E-state index in [0.717, 1.165) is 0 Å². The van der Waals surface area contributed by atoms with Gasteiger partial charge in [-0.2, -0.15) is 0 Å². The normalized spacial score (nSPS) is 0. The molecule has 0 aromatic heterocycles. The van der Waals surface area contributed by atoms with Gasteiger partial charge in [-0.25, -0.2) is 0 Å². The third kappa shape index (κ3) is 8.82. The first-order valence-corrected chi connectivity index (χ1v) is 0. The average Bonchev–Trinajstić information content (AvgIpc) is 0. The Balaban J connectivity index is 0. The predicted molar refractivity (Wildman–Crippen MR) is 11.6 cm³/mol. The summed E-state index contributed by atoms with van der Waals surface area (Å²) < 4.78 is 0. The fourth-order valence-electron chi connectivity index (χ4n) is 0. The standard InChI is InChI=1S/Ag.Ca.FH.Li.3H/h;;1H;;;;/q;+2;;+1;3*-1. The molecular formula is H4AgCaFLi. The summed E-state index contributed by atoms with van der Waals surface area (Å²) in [6.07, 6.45) is 0. The van der Waals surface area contributed by atoms with Gasteiger partial charge in [-0.3, -0.25) is 4.70 Å². The maximum Gasteiger partial charge on any atom is 2.00 e. The van der Waals surface area contributed by atoms with E-state index in [4.69, 9.17) is 0 Å². The molecule has 0 atom stereocenters. The first kappa shape index (κ1) is 31.2. The van der Waals surface area contributed by atoms with Gasteiger partial charge in [0.15, 0.2) is 0 Å². The SMILES string of the molecule is F.[Ag].[Ca+2].[H-].[H-].[H-].[Li+]. The van der Waals surface area contributed by atoms with Crippen LogP contribution in [0.3, 0.4) is 0 Å². The van der Waals surface area contributed by atoms with E-state index in [1.165, 1.54) is 0 Å². The third-order valence-electron chi connectivity index (χ3n) is 0. The van der Waals surface area contributed by atoms with E-state index in [1.807, 2.05) is 0 Å². The fraction of sp³-hybridized carbons (Fsp3) is 0. The van der Waals surface area contributed by atoms with Gasteiger partial charge >= 0.3 is 56.6 Å². The van der Waals surface area contributed by atoms with Crippen molar-refractivity contribution < 1.29 is 50.2 Å². The number of rotatable bonds is 0. The van der Waals surface area contributed by atoms with Crippen LogP contribution < -0.4 is 18.9 Å². The molecule has 0 aliphatic rings. The van der Waals surface area contributed by atoms with E-state index in [1.54, 1.807) is 0 Å². The van der Waals surface area contributed by atoms with Gasteiger partial charge in [0.25, 0.3) is 0 Å². The first-order valence-electron chi connectivity index (χ1n) is 0. The zero-order valence-corrected chi connectivity index (χ0v) is 6.11. The van der Waals surface area contributed by atoms with Crippen molar-refractivity contribution in [3.63, 3.8) is 0 Å². The van der Waals surface area contributed by atoms with E-state index < -0.39 is 0 Å². The zero-order chi connectivity index (χ0) is 0. The second kappa shape index (κ2) is 17.7. The van der Waals surface area contributed by atoms with Crippen molar-refractivity contribution in [3.05, 3.63) is 0 Å². The van der Waals surface area contributed by atoms with E-state index in [9.17, 15) is 0 Å². The van der Waals surface area contributed by atoms with Crippen LogP contribution in [0, 0.1) is 0 Å². The average molecular weight is 178 g/mol. The van der Waals surface area contributed by atoms with Crippen LogP contribution in [0.4, 0.5) is 4.70 Å². The molecule has 0 saturated carbocycles. The molecule has 0 aromatic rings. The summed E-state index contributed by atoms with van der Waals surface area (Å²) >= 11 is 0. The fourth-order valence-corrected chi connectivity index (χ4v) is 0. The number of halogens is 1. The number of hydrogen-bond acceptors (Lipinski definition) is 0. The molecule has 0 aliphatic carbocycles. The summed E-state index contributed by atoms with van der Waals surface area (Å²) in [7, 11) is 0. The Hall–Kier alpha value is 2.53. The predicted octanol–water partition coefficient (Wildman–Crippen LogP) is -2.89. The molecule has 4 heavy (non-hydrogen) atoms. The molecule has 0 unspecified atom stereocenters. The topological polar surface area (TPSA) is 0 Å². The Morgan fingerprint density at radius 1 is 1.25 bits per heavy atom. The van der Waals surface area contributed by atoms with Crippen molar-refractivity contribution in [1.29, 1.82) is 0 Å². The second-order valence-electron chi connectivity index (χ2n) is 0. The van der Waals surface area contributed by atoms with E-state index >= 15 is 0 Å². The molecule has 0 bridgehead atoms. The molecule has 0 N–H and O–H groups in total. The van der Waals surface area contributed by atoms with Crippen LogP contribution in [-0.2, 0) is 22.4 Å². The Labute approximate surface area is 86.6 Å². The minimum Gasteiger partial charge on any atom is -1.00 e. The minimum atomic E-state index is 0. The van der Waals surface area contributed by atoms with Gasteiger partial charge in [0.2, 0.25) is 0 Å². The van der Waals surface area contributed by atoms with Crippen LogP contribution in [-0.4, -0.2) is 37.7 Å². The molecule has 0 saturated heterocycles. The van der Waals surface area contributed by atoms with Crippen molar-refractivity contribution >= 4 is 37.7 Å². The van der Waals surface area contributed by atoms with Gasteiger partial charge in [-0.05, 0) is 0 Å². The Kier molecular flexibility index (Phi) is 138. The molecular weight excluding hydrogens is 174 g/mol. The summed E-state index contributed by atoms with van der Waals surface area (Å²) in [4.78, 5) is 0. The Bertz CT molecular complexity index is 14.9. The maximum absolute atomic E-state index is 0. The monoisotopic (exact) mass is 177 g/mol. The van der Waals surface area contributed by atoms with Gasteiger partial charge < -0.3 is 4.28 Å². The van der Waals surface area contributed by atoms with Crippen molar-refractivity contribution in [2.75, 3.05) is 0 Å². The number of hydrogen-bond donors (Lipinski definition) is 0. The Morgan fingerprint density at radius 2 is 1.25 bits per heavy atom. The van der Waals surface area contributed by atoms with Crippen LogP contribution in [0.25, 0.3) is 0 Å². The quantitative estimate of drug-likeness (QED) is 0.349. The summed E-state index contributed by atoms with van der Waals surface area (Å²) in [5.74, 6) is 0. The van der Waals surface area contributed by atoms with E-state index in [2.05, 4.69) is 0 Å². The van der Waals surface area contributed by atoms with Gasteiger partial charge in [-0.1, -0.05) is 0 Å². The molecule has 0 heterocycles. The molecule has 0 fully saturated rings. The van der Waals surface area contributed by atoms with Crippen molar-refractivity contribution in [2.24, 2.45) is 0 Å². The van der Waals surface area contributed by atoms with Crippen molar-refractivity contribution in [1.82, 2.24) is 0 Å². The van der Waals surface area contributed by atoms with Crippen LogP contribution in [0.15, 0.2) is 0 Å². The molecule has 1 radical (unpaired) electrons. The summed E-state index contributed by atoms with van der Waals surface area (Å²) in [5, 5.41) is 0. The largest absolute Gasteiger partial charge is 2.00 e. The molecule has 0 nitrogen and oxygen atoms in total. The van der Waals surface area contributed by atoms with Gasteiger partial charge in [0.05, 0.1) is 0 Å². The van der Waals surface area contributed by atoms with Gasteiger partial charge in [0, 0.05) is 22.4 Å². The summed E-state index contributed by atoms with van der Waals surface area (Å²) in [6.45, 7) is 0. The summed E-state index contributed by atoms with van der Waals surface area (Å²) in [5.41, 5.74) is 0. The Morgan fingerprint density at radius 3 is 1.25 bits per heavy atom. The summed E-state index contributed by atoms with van der Waals surface area (Å²) in [6, 6.07) is 0. The van der Waals surface area contributed by atoms with Gasteiger partial charge in [0.1, 0.15) is 0 Å². The molecule has 0 spiro atoms. The maximum atomic E-state index is 0. The minimum absolute atomic E-state index is 0. The van der Waals surface area contributed by atoms with E-state index in [-0.39, 0.29) is 88.0 Å². The van der Waals surface area contributed by atoms with Crippen molar-refractivity contribution in [2.45, 2.75) is 0 Å². The molecule has 0 aromatic carbocycles. The molecule has 4 heteroatoms. The van der Waals surface area contributed by atoms with Crippen LogP contribution in [0.2, 0.25) is 0 Å². The first-order chi connectivity index (χ1) is 0. The zero-order valence-electron chi connectivity index (χ0n) is 5.42. The molecule has 0 rings (SSSR count). The van der Waals surface area contributed by atoms with Crippen molar-refractivity contribution in [3.8, 4) is 0 Å². The smallest absolute Gasteiger partial charge is 1.00 e. The second-order valence-corrected chi connectivity index (χ2v) is 0.